The maximum absolute atomic E-state index is 2.64. The van der Waals surface area contributed by atoms with E-state index in [1.165, 1.54) is 10.8 Å². The Hall–Kier alpha value is -1.06. The molecule has 0 aromatic heterocycles. The zero-order valence-corrected chi connectivity index (χ0v) is 18.9. The molecular formula is C21H28SiSn. The molecule has 0 N–H and O–H groups in total. The monoisotopic (exact) mass is 428 g/mol. The van der Waals surface area contributed by atoms with Crippen LogP contribution in [0.1, 0.15) is 5.56 Å². The van der Waals surface area contributed by atoms with Crippen molar-refractivity contribution in [3.63, 3.8) is 0 Å². The van der Waals surface area contributed by atoms with Gasteiger partial charge in [-0.1, -0.05) is 0 Å². The van der Waals surface area contributed by atoms with Crippen molar-refractivity contribution in [3.8, 4) is 0 Å². The van der Waals surface area contributed by atoms with Crippen molar-refractivity contribution in [3.05, 3.63) is 81.6 Å². The van der Waals surface area contributed by atoms with E-state index in [0.717, 1.165) is 0 Å². The average Bonchev–Trinajstić information content (AvgIpc) is 2.52. The van der Waals surface area contributed by atoms with E-state index in [1.807, 2.05) is 0 Å². The molecule has 23 heavy (non-hydrogen) atoms. The van der Waals surface area contributed by atoms with Crippen molar-refractivity contribution in [1.82, 2.24) is 0 Å². The van der Waals surface area contributed by atoms with E-state index in [0.29, 0.717) is 0 Å². The van der Waals surface area contributed by atoms with Gasteiger partial charge in [0.1, 0.15) is 0 Å². The Bertz CT molecular complexity index is 677. The fraction of sp³-hybridized carbons (Fsp3) is 0.238. The van der Waals surface area contributed by atoms with Crippen LogP contribution in [-0.2, 0) is 0 Å². The Morgan fingerprint density at radius 2 is 1.35 bits per heavy atom. The van der Waals surface area contributed by atoms with E-state index in [9.17, 15) is 0 Å². The normalized spacial score (nSPS) is 13.5. The molecule has 0 aliphatic heterocycles. The first-order valence-electron chi connectivity index (χ1n) is 8.31. The average molecular weight is 427 g/mol. The van der Waals surface area contributed by atoms with Gasteiger partial charge in [-0.3, -0.25) is 0 Å². The summed E-state index contributed by atoms with van der Waals surface area (Å²) in [6, 6.07) is 21.6. The Morgan fingerprint density at radius 1 is 0.826 bits per heavy atom. The summed E-state index contributed by atoms with van der Waals surface area (Å²) in [4.78, 5) is 7.52. The SMILES string of the molecule is C[Si](C)(/C=[C](\C=C\c1ccccc1)[Sn]([CH3])([CH3])[CH3])c1ccccc1. The number of hydrogen-bond donors (Lipinski definition) is 0. The van der Waals surface area contributed by atoms with Gasteiger partial charge in [0.2, 0.25) is 0 Å². The molecule has 0 nitrogen and oxygen atoms in total. The standard InChI is InChI=1S/C18H19Si.3CH3.Sn/c1-19(2,18-14-7-4-8-15-18)16-10-9-13-17-11-5-3-6-12-17;;;;/h3-9,11-16H,1-2H3;3*1H3;/b13-9+,16-10?;;;;. The zero-order chi connectivity index (χ0) is 16.9. The molecule has 120 valence electrons. The van der Waals surface area contributed by atoms with E-state index in [1.54, 1.807) is 3.59 Å². The third-order valence-electron chi connectivity index (χ3n) is 4.16. The van der Waals surface area contributed by atoms with Gasteiger partial charge in [0, 0.05) is 0 Å². The van der Waals surface area contributed by atoms with Gasteiger partial charge >= 0.3 is 147 Å². The Labute approximate surface area is 146 Å². The molecule has 0 aliphatic rings. The van der Waals surface area contributed by atoms with Crippen molar-refractivity contribution >= 4 is 37.7 Å². The predicted molar refractivity (Wildman–Crippen MR) is 110 cm³/mol. The molecule has 0 fully saturated rings. The van der Waals surface area contributed by atoms with Gasteiger partial charge in [-0.05, 0) is 0 Å². The summed E-state index contributed by atoms with van der Waals surface area (Å²) in [6.07, 6.45) is 4.67. The first-order chi connectivity index (χ1) is 10.8. The molecule has 0 amide bonds. The van der Waals surface area contributed by atoms with Gasteiger partial charge in [0.25, 0.3) is 0 Å². The van der Waals surface area contributed by atoms with Crippen LogP contribution in [0.3, 0.4) is 0 Å². The second-order valence-electron chi connectivity index (χ2n) is 7.68. The first kappa shape index (κ1) is 18.3. The minimum atomic E-state index is -2.15. The van der Waals surface area contributed by atoms with Crippen molar-refractivity contribution in [2.24, 2.45) is 0 Å². The Balaban J connectivity index is 2.37. The fourth-order valence-electron chi connectivity index (χ4n) is 2.60. The summed E-state index contributed by atoms with van der Waals surface area (Å²) in [6.45, 7) is 4.91. The molecule has 0 atom stereocenters. The van der Waals surface area contributed by atoms with E-state index in [4.69, 9.17) is 0 Å². The third kappa shape index (κ3) is 5.50. The van der Waals surface area contributed by atoms with Gasteiger partial charge in [-0.2, -0.15) is 0 Å². The first-order valence-corrected chi connectivity index (χ1v) is 21.4. The quantitative estimate of drug-likeness (QED) is 0.427. The van der Waals surface area contributed by atoms with Crippen LogP contribution in [0.4, 0.5) is 0 Å². The van der Waals surface area contributed by atoms with Crippen LogP contribution in [0.2, 0.25) is 27.9 Å². The Morgan fingerprint density at radius 3 is 1.87 bits per heavy atom. The third-order valence-corrected chi connectivity index (χ3v) is 13.7. The molecule has 0 saturated heterocycles. The van der Waals surface area contributed by atoms with E-state index >= 15 is 0 Å². The second kappa shape index (κ2) is 7.67. The summed E-state index contributed by atoms with van der Waals surface area (Å²) >= 11 is -2.15. The number of rotatable bonds is 5. The molecule has 0 aliphatic carbocycles. The molecule has 0 unspecified atom stereocenters. The second-order valence-corrected chi connectivity index (χ2v) is 26.5. The van der Waals surface area contributed by atoms with Crippen molar-refractivity contribution in [1.29, 1.82) is 0 Å². The van der Waals surface area contributed by atoms with Crippen LogP contribution in [0.25, 0.3) is 6.08 Å². The zero-order valence-electron chi connectivity index (χ0n) is 15.0. The molecule has 0 radical (unpaired) electrons. The van der Waals surface area contributed by atoms with Crippen LogP contribution >= 0.6 is 0 Å². The molecule has 0 heterocycles. The molecule has 2 aromatic carbocycles. The van der Waals surface area contributed by atoms with Gasteiger partial charge in [-0.25, -0.2) is 0 Å². The predicted octanol–water partition coefficient (Wildman–Crippen LogP) is 5.66. The fourth-order valence-corrected chi connectivity index (χ4v) is 13.6. The summed E-state index contributed by atoms with van der Waals surface area (Å²) in [7, 11) is -1.55. The van der Waals surface area contributed by atoms with Crippen LogP contribution in [-0.4, -0.2) is 26.5 Å². The maximum atomic E-state index is 2.64. The topological polar surface area (TPSA) is 0 Å². The summed E-state index contributed by atoms with van der Waals surface area (Å²) in [5, 5.41) is 1.51. The molecule has 0 bridgehead atoms. The van der Waals surface area contributed by atoms with Crippen LogP contribution < -0.4 is 5.19 Å². The van der Waals surface area contributed by atoms with E-state index in [2.05, 4.69) is 106 Å². The molecule has 2 heteroatoms. The van der Waals surface area contributed by atoms with Crippen LogP contribution in [0.5, 0.6) is 0 Å². The van der Waals surface area contributed by atoms with E-state index in [-0.39, 0.29) is 0 Å². The van der Waals surface area contributed by atoms with Gasteiger partial charge in [0.05, 0.1) is 0 Å². The molecule has 2 rings (SSSR count). The van der Waals surface area contributed by atoms with Crippen molar-refractivity contribution < 1.29 is 0 Å². The summed E-state index contributed by atoms with van der Waals surface area (Å²) in [5.74, 6) is 0. The molecular weight excluding hydrogens is 399 g/mol. The van der Waals surface area contributed by atoms with Gasteiger partial charge in [0.15, 0.2) is 0 Å². The van der Waals surface area contributed by atoms with Gasteiger partial charge in [-0.15, -0.1) is 0 Å². The van der Waals surface area contributed by atoms with Crippen LogP contribution in [0, 0.1) is 0 Å². The summed E-state index contributed by atoms with van der Waals surface area (Å²) < 4.78 is 1.63. The van der Waals surface area contributed by atoms with E-state index < -0.39 is 26.5 Å². The Kier molecular flexibility index (Phi) is 6.10. The summed E-state index contributed by atoms with van der Waals surface area (Å²) in [5.41, 5.74) is 3.92. The number of hydrogen-bond acceptors (Lipinski definition) is 0. The molecule has 0 saturated carbocycles. The van der Waals surface area contributed by atoms with Crippen molar-refractivity contribution in [2.75, 3.05) is 0 Å². The number of allylic oxidation sites excluding steroid dienone is 2. The van der Waals surface area contributed by atoms with Crippen LogP contribution in [0.15, 0.2) is 76.0 Å². The molecule has 2 aromatic rings. The van der Waals surface area contributed by atoms with Gasteiger partial charge < -0.3 is 0 Å². The number of benzene rings is 2. The minimum absolute atomic E-state index is 1.29. The van der Waals surface area contributed by atoms with Crippen molar-refractivity contribution in [2.45, 2.75) is 27.9 Å². The molecule has 0 spiro atoms.